The third-order valence-corrected chi connectivity index (χ3v) is 3.81. The zero-order valence-electron chi connectivity index (χ0n) is 13.1. The molecule has 2 aromatic rings. The van der Waals surface area contributed by atoms with Gasteiger partial charge in [-0.1, -0.05) is 36.4 Å². The molecule has 1 aliphatic heterocycles. The summed E-state index contributed by atoms with van der Waals surface area (Å²) in [5.41, 5.74) is 0.970. The predicted molar refractivity (Wildman–Crippen MR) is 86.7 cm³/mol. The van der Waals surface area contributed by atoms with Crippen molar-refractivity contribution in [2.45, 2.75) is 18.6 Å². The number of rotatable bonds is 5. The van der Waals surface area contributed by atoms with E-state index in [1.165, 1.54) is 0 Å². The Morgan fingerprint density at radius 3 is 2.12 bits per heavy atom. The highest BCUT2D eigenvalue weighted by Crippen LogP contribution is 2.19. The van der Waals surface area contributed by atoms with E-state index in [0.717, 1.165) is 0 Å². The summed E-state index contributed by atoms with van der Waals surface area (Å²) in [6.07, 6.45) is -0.266. The van der Waals surface area contributed by atoms with Crippen molar-refractivity contribution in [3.8, 4) is 0 Å². The van der Waals surface area contributed by atoms with Crippen LogP contribution in [0, 0.1) is 0 Å². The largest absolute Gasteiger partial charge is 0.459 e. The van der Waals surface area contributed by atoms with Gasteiger partial charge in [-0.25, -0.2) is 9.59 Å². The lowest BCUT2D eigenvalue weighted by Gasteiger charge is -2.19. The summed E-state index contributed by atoms with van der Waals surface area (Å²) >= 11 is 0. The summed E-state index contributed by atoms with van der Waals surface area (Å²) in [4.78, 5) is 24.1. The molecule has 0 bridgehead atoms. The Bertz CT molecular complexity index is 683. The smallest absolute Gasteiger partial charge is 0.338 e. The van der Waals surface area contributed by atoms with Gasteiger partial charge in [0.2, 0.25) is 0 Å². The first-order valence-electron chi connectivity index (χ1n) is 7.84. The Morgan fingerprint density at radius 2 is 1.50 bits per heavy atom. The monoisotopic (exact) mass is 326 g/mol. The standard InChI is InChI=1S/C19H18O5/c20-18(14-7-3-1-4-8-14)23-13-17-16(11-12-22-17)24-19(21)15-9-5-2-6-10-15/h1-10,16-17H,11-13H2/t16-,17-/m1/s1. The molecule has 0 radical (unpaired) electrons. The maximum absolute atomic E-state index is 12.1. The van der Waals surface area contributed by atoms with Crippen molar-refractivity contribution >= 4 is 11.9 Å². The van der Waals surface area contributed by atoms with E-state index in [-0.39, 0.29) is 6.61 Å². The molecule has 124 valence electrons. The van der Waals surface area contributed by atoms with E-state index in [4.69, 9.17) is 14.2 Å². The summed E-state index contributed by atoms with van der Waals surface area (Å²) in [6.45, 7) is 0.529. The van der Waals surface area contributed by atoms with E-state index in [1.54, 1.807) is 48.5 Å². The molecule has 5 heteroatoms. The molecule has 0 aliphatic carbocycles. The fraction of sp³-hybridized carbons (Fsp3) is 0.263. The van der Waals surface area contributed by atoms with Gasteiger partial charge in [0, 0.05) is 6.42 Å². The Balaban J connectivity index is 1.54. The van der Waals surface area contributed by atoms with Gasteiger partial charge in [-0.05, 0) is 24.3 Å². The first-order chi connectivity index (χ1) is 11.7. The molecule has 1 saturated heterocycles. The van der Waals surface area contributed by atoms with Gasteiger partial charge >= 0.3 is 11.9 Å². The van der Waals surface area contributed by atoms with Crippen LogP contribution in [0.1, 0.15) is 27.1 Å². The molecular weight excluding hydrogens is 308 g/mol. The van der Waals surface area contributed by atoms with Crippen molar-refractivity contribution in [3.05, 3.63) is 71.8 Å². The van der Waals surface area contributed by atoms with Crippen molar-refractivity contribution in [3.63, 3.8) is 0 Å². The molecule has 3 rings (SSSR count). The molecule has 1 aliphatic rings. The number of carbonyl (C=O) groups is 2. The molecule has 0 aromatic heterocycles. The Kier molecular flexibility index (Phi) is 5.23. The number of hydrogen-bond donors (Lipinski definition) is 0. The second kappa shape index (κ2) is 7.75. The number of carbonyl (C=O) groups excluding carboxylic acids is 2. The van der Waals surface area contributed by atoms with Crippen LogP contribution < -0.4 is 0 Å². The van der Waals surface area contributed by atoms with Crippen LogP contribution in [0.2, 0.25) is 0 Å². The molecular formula is C19H18O5. The van der Waals surface area contributed by atoms with Crippen LogP contribution in [0.15, 0.2) is 60.7 Å². The molecule has 2 aromatic carbocycles. The van der Waals surface area contributed by atoms with Crippen LogP contribution in [0.25, 0.3) is 0 Å². The third-order valence-electron chi connectivity index (χ3n) is 3.81. The molecule has 2 atom stereocenters. The second-order valence-corrected chi connectivity index (χ2v) is 5.47. The number of hydrogen-bond acceptors (Lipinski definition) is 5. The fourth-order valence-electron chi connectivity index (χ4n) is 2.51. The van der Waals surface area contributed by atoms with E-state index in [1.807, 2.05) is 12.1 Å². The average Bonchev–Trinajstić information content (AvgIpc) is 3.08. The Labute approximate surface area is 140 Å². The van der Waals surface area contributed by atoms with Crippen LogP contribution in [0.3, 0.4) is 0 Å². The third kappa shape index (κ3) is 4.00. The molecule has 0 N–H and O–H groups in total. The highest BCUT2D eigenvalue weighted by atomic mass is 16.6. The summed E-state index contributed by atoms with van der Waals surface area (Å²) in [5.74, 6) is -0.815. The summed E-state index contributed by atoms with van der Waals surface area (Å²) in [5, 5.41) is 0. The number of esters is 2. The summed E-state index contributed by atoms with van der Waals surface area (Å²) in [6, 6.07) is 17.5. The van der Waals surface area contributed by atoms with Gasteiger partial charge in [-0.2, -0.15) is 0 Å². The van der Waals surface area contributed by atoms with Gasteiger partial charge < -0.3 is 14.2 Å². The maximum atomic E-state index is 12.1. The lowest BCUT2D eigenvalue weighted by molar-refractivity contribution is -0.0282. The van der Waals surface area contributed by atoms with Gasteiger partial charge in [-0.15, -0.1) is 0 Å². The van der Waals surface area contributed by atoms with Crippen LogP contribution in [-0.4, -0.2) is 37.4 Å². The number of benzene rings is 2. The first-order valence-corrected chi connectivity index (χ1v) is 7.84. The van der Waals surface area contributed by atoms with E-state index in [9.17, 15) is 9.59 Å². The Hall–Kier alpha value is -2.66. The van der Waals surface area contributed by atoms with Crippen molar-refractivity contribution in [1.82, 2.24) is 0 Å². The minimum Gasteiger partial charge on any atom is -0.459 e. The summed E-state index contributed by atoms with van der Waals surface area (Å²) in [7, 11) is 0. The molecule has 1 heterocycles. The lowest BCUT2D eigenvalue weighted by Crippen LogP contribution is -2.32. The molecule has 0 spiro atoms. The van der Waals surface area contributed by atoms with E-state index in [0.29, 0.717) is 24.2 Å². The SMILES string of the molecule is O=C(OC[C@H]1OCC[C@H]1OC(=O)c1ccccc1)c1ccccc1. The quantitative estimate of drug-likeness (QED) is 0.791. The molecule has 1 fully saturated rings. The highest BCUT2D eigenvalue weighted by molar-refractivity contribution is 5.90. The predicted octanol–water partition coefficient (Wildman–Crippen LogP) is 2.86. The minimum absolute atomic E-state index is 0.0560. The zero-order valence-corrected chi connectivity index (χ0v) is 13.1. The molecule has 24 heavy (non-hydrogen) atoms. The molecule has 5 nitrogen and oxygen atoms in total. The van der Waals surface area contributed by atoms with Gasteiger partial charge in [0.15, 0.2) is 0 Å². The van der Waals surface area contributed by atoms with Crippen molar-refractivity contribution < 1.29 is 23.8 Å². The van der Waals surface area contributed by atoms with E-state index in [2.05, 4.69) is 0 Å². The second-order valence-electron chi connectivity index (χ2n) is 5.47. The highest BCUT2D eigenvalue weighted by Gasteiger charge is 2.33. The molecule has 0 unspecified atom stereocenters. The van der Waals surface area contributed by atoms with Crippen LogP contribution in [0.4, 0.5) is 0 Å². The van der Waals surface area contributed by atoms with E-state index < -0.39 is 24.1 Å². The zero-order chi connectivity index (χ0) is 16.8. The van der Waals surface area contributed by atoms with Gasteiger partial charge in [-0.3, -0.25) is 0 Å². The van der Waals surface area contributed by atoms with Crippen molar-refractivity contribution in [2.24, 2.45) is 0 Å². The minimum atomic E-state index is -0.440. The lowest BCUT2D eigenvalue weighted by atomic mass is 10.2. The fourth-order valence-corrected chi connectivity index (χ4v) is 2.51. The normalized spacial score (nSPS) is 19.7. The first kappa shape index (κ1) is 16.2. The number of ether oxygens (including phenoxy) is 3. The van der Waals surface area contributed by atoms with Crippen molar-refractivity contribution in [1.29, 1.82) is 0 Å². The summed E-state index contributed by atoms with van der Waals surface area (Å²) < 4.78 is 16.3. The average molecular weight is 326 g/mol. The van der Waals surface area contributed by atoms with Crippen molar-refractivity contribution in [2.75, 3.05) is 13.2 Å². The van der Waals surface area contributed by atoms with Gasteiger partial charge in [0.05, 0.1) is 17.7 Å². The van der Waals surface area contributed by atoms with Crippen LogP contribution in [0.5, 0.6) is 0 Å². The Morgan fingerprint density at radius 1 is 0.917 bits per heavy atom. The molecule has 0 saturated carbocycles. The van der Waals surface area contributed by atoms with Crippen LogP contribution >= 0.6 is 0 Å². The topological polar surface area (TPSA) is 61.8 Å². The maximum Gasteiger partial charge on any atom is 0.338 e. The van der Waals surface area contributed by atoms with Gasteiger partial charge in [0.25, 0.3) is 0 Å². The van der Waals surface area contributed by atoms with Gasteiger partial charge in [0.1, 0.15) is 18.8 Å². The van der Waals surface area contributed by atoms with E-state index >= 15 is 0 Å². The molecule has 0 amide bonds. The van der Waals surface area contributed by atoms with Crippen LogP contribution in [-0.2, 0) is 14.2 Å².